The van der Waals surface area contributed by atoms with E-state index in [2.05, 4.69) is 15.3 Å². The summed E-state index contributed by atoms with van der Waals surface area (Å²) in [6.45, 7) is 3.88. The van der Waals surface area contributed by atoms with E-state index in [1.807, 2.05) is 50.2 Å². The van der Waals surface area contributed by atoms with Crippen LogP contribution in [0.3, 0.4) is 0 Å². The Morgan fingerprint density at radius 1 is 1.00 bits per heavy atom. The first-order chi connectivity index (χ1) is 16.4. The van der Waals surface area contributed by atoms with Crippen LogP contribution in [0.5, 0.6) is 5.75 Å². The van der Waals surface area contributed by atoms with Gasteiger partial charge in [0, 0.05) is 11.9 Å². The molecule has 34 heavy (non-hydrogen) atoms. The topological polar surface area (TPSA) is 81.2 Å². The molecule has 7 heteroatoms. The highest BCUT2D eigenvalue weighted by Crippen LogP contribution is 2.37. The Hall–Kier alpha value is -4.39. The van der Waals surface area contributed by atoms with Crippen molar-refractivity contribution in [3.05, 3.63) is 95.3 Å². The SMILES string of the molecule is COc1cc(-c2cccc(-c3cccc(NC(=O)c4ccncn4)c3C)c2C)cc(F)c1C=O. The average molecular weight is 455 g/mol. The number of anilines is 1. The minimum Gasteiger partial charge on any atom is -0.496 e. The molecule has 0 aliphatic carbocycles. The summed E-state index contributed by atoms with van der Waals surface area (Å²) in [4.78, 5) is 31.7. The zero-order valence-electron chi connectivity index (χ0n) is 18.9. The van der Waals surface area contributed by atoms with Gasteiger partial charge in [-0.05, 0) is 71.5 Å². The smallest absolute Gasteiger partial charge is 0.274 e. The van der Waals surface area contributed by atoms with Crippen LogP contribution in [0.2, 0.25) is 0 Å². The lowest BCUT2D eigenvalue weighted by Crippen LogP contribution is -2.14. The lowest BCUT2D eigenvalue weighted by Gasteiger charge is -2.17. The van der Waals surface area contributed by atoms with Crippen molar-refractivity contribution in [1.82, 2.24) is 9.97 Å². The number of benzene rings is 3. The maximum atomic E-state index is 14.6. The number of methoxy groups -OCH3 is 1. The molecule has 1 heterocycles. The number of aldehydes is 1. The molecule has 1 N–H and O–H groups in total. The summed E-state index contributed by atoms with van der Waals surface area (Å²) in [5.41, 5.74) is 5.90. The fourth-order valence-electron chi connectivity index (χ4n) is 3.95. The summed E-state index contributed by atoms with van der Waals surface area (Å²) < 4.78 is 19.8. The zero-order valence-corrected chi connectivity index (χ0v) is 18.9. The molecular weight excluding hydrogens is 433 g/mol. The van der Waals surface area contributed by atoms with Crippen LogP contribution < -0.4 is 10.1 Å². The van der Waals surface area contributed by atoms with Crippen LogP contribution in [0.15, 0.2) is 67.1 Å². The van der Waals surface area contributed by atoms with Crippen molar-refractivity contribution >= 4 is 17.9 Å². The number of hydrogen-bond acceptors (Lipinski definition) is 5. The van der Waals surface area contributed by atoms with Crippen LogP contribution in [0.4, 0.5) is 10.1 Å². The molecule has 0 fully saturated rings. The minimum atomic E-state index is -0.639. The molecule has 0 saturated heterocycles. The Balaban J connectivity index is 1.75. The van der Waals surface area contributed by atoms with Crippen LogP contribution in [0, 0.1) is 19.7 Å². The van der Waals surface area contributed by atoms with Crippen molar-refractivity contribution in [2.45, 2.75) is 13.8 Å². The maximum Gasteiger partial charge on any atom is 0.274 e. The lowest BCUT2D eigenvalue weighted by molar-refractivity contribution is 0.102. The van der Waals surface area contributed by atoms with Crippen LogP contribution in [0.1, 0.15) is 32.0 Å². The van der Waals surface area contributed by atoms with Crippen LogP contribution >= 0.6 is 0 Å². The first kappa shape index (κ1) is 22.8. The summed E-state index contributed by atoms with van der Waals surface area (Å²) in [6, 6.07) is 16.0. The molecule has 0 aliphatic rings. The number of nitrogens with zero attached hydrogens (tertiary/aromatic N) is 2. The van der Waals surface area contributed by atoms with Gasteiger partial charge < -0.3 is 10.1 Å². The molecule has 170 valence electrons. The Morgan fingerprint density at radius 3 is 2.38 bits per heavy atom. The van der Waals surface area contributed by atoms with Gasteiger partial charge in [-0.1, -0.05) is 30.3 Å². The fraction of sp³-hybridized carbons (Fsp3) is 0.111. The normalized spacial score (nSPS) is 10.6. The second kappa shape index (κ2) is 9.62. The van der Waals surface area contributed by atoms with Crippen LogP contribution in [-0.2, 0) is 0 Å². The molecule has 0 atom stereocenters. The van der Waals surface area contributed by atoms with E-state index < -0.39 is 5.82 Å². The van der Waals surface area contributed by atoms with E-state index in [4.69, 9.17) is 4.74 Å². The number of carbonyl (C=O) groups excluding carboxylic acids is 2. The van der Waals surface area contributed by atoms with E-state index in [1.165, 1.54) is 25.7 Å². The molecule has 4 rings (SSSR count). The number of halogens is 1. The number of aromatic nitrogens is 2. The van der Waals surface area contributed by atoms with Crippen molar-refractivity contribution in [3.8, 4) is 28.0 Å². The zero-order chi connectivity index (χ0) is 24.2. The first-order valence-electron chi connectivity index (χ1n) is 10.5. The van der Waals surface area contributed by atoms with Gasteiger partial charge in [0.05, 0.1) is 12.7 Å². The van der Waals surface area contributed by atoms with E-state index in [0.29, 0.717) is 17.5 Å². The second-order valence-electron chi connectivity index (χ2n) is 7.70. The Labute approximate surface area is 196 Å². The summed E-state index contributed by atoms with van der Waals surface area (Å²) >= 11 is 0. The monoisotopic (exact) mass is 455 g/mol. The minimum absolute atomic E-state index is 0.108. The third-order valence-electron chi connectivity index (χ3n) is 5.76. The highest BCUT2D eigenvalue weighted by atomic mass is 19.1. The maximum absolute atomic E-state index is 14.6. The second-order valence-corrected chi connectivity index (χ2v) is 7.70. The third kappa shape index (κ3) is 4.28. The number of nitrogens with one attached hydrogen (secondary N) is 1. The van der Waals surface area contributed by atoms with E-state index >= 15 is 0 Å². The highest BCUT2D eigenvalue weighted by molar-refractivity contribution is 6.03. The van der Waals surface area contributed by atoms with Gasteiger partial charge >= 0.3 is 0 Å². The van der Waals surface area contributed by atoms with E-state index in [1.54, 1.807) is 12.1 Å². The van der Waals surface area contributed by atoms with Crippen LogP contribution in [-0.4, -0.2) is 29.3 Å². The fourth-order valence-corrected chi connectivity index (χ4v) is 3.95. The number of rotatable bonds is 6. The van der Waals surface area contributed by atoms with Crippen molar-refractivity contribution in [3.63, 3.8) is 0 Å². The molecule has 0 bridgehead atoms. The van der Waals surface area contributed by atoms with Crippen LogP contribution in [0.25, 0.3) is 22.3 Å². The van der Waals surface area contributed by atoms with Gasteiger partial charge in [-0.2, -0.15) is 0 Å². The lowest BCUT2D eigenvalue weighted by atomic mass is 9.90. The average Bonchev–Trinajstić information content (AvgIpc) is 2.85. The molecule has 1 aromatic heterocycles. The van der Waals surface area contributed by atoms with Crippen molar-refractivity contribution in [2.24, 2.45) is 0 Å². The molecule has 0 aliphatic heterocycles. The summed E-state index contributed by atoms with van der Waals surface area (Å²) in [5.74, 6) is -0.786. The van der Waals surface area contributed by atoms with Crippen molar-refractivity contribution in [1.29, 1.82) is 0 Å². The quantitative estimate of drug-likeness (QED) is 0.381. The van der Waals surface area contributed by atoms with E-state index in [-0.39, 0.29) is 22.9 Å². The molecular formula is C27H22FN3O3. The van der Waals surface area contributed by atoms with Gasteiger partial charge in [-0.15, -0.1) is 0 Å². The van der Waals surface area contributed by atoms with Crippen molar-refractivity contribution < 1.29 is 18.7 Å². The van der Waals surface area contributed by atoms with Gasteiger partial charge in [0.2, 0.25) is 0 Å². The number of ether oxygens (including phenoxy) is 1. The van der Waals surface area contributed by atoms with Gasteiger partial charge in [-0.25, -0.2) is 14.4 Å². The number of carbonyl (C=O) groups is 2. The Bertz CT molecular complexity index is 1390. The van der Waals surface area contributed by atoms with E-state index in [0.717, 1.165) is 27.8 Å². The number of hydrogen-bond donors (Lipinski definition) is 1. The first-order valence-corrected chi connectivity index (χ1v) is 10.5. The summed E-state index contributed by atoms with van der Waals surface area (Å²) in [5, 5.41) is 2.91. The molecule has 6 nitrogen and oxygen atoms in total. The summed E-state index contributed by atoms with van der Waals surface area (Å²) in [6.07, 6.45) is 3.29. The molecule has 0 saturated carbocycles. The Morgan fingerprint density at radius 2 is 1.71 bits per heavy atom. The third-order valence-corrected chi connectivity index (χ3v) is 5.76. The summed E-state index contributed by atoms with van der Waals surface area (Å²) in [7, 11) is 1.40. The predicted octanol–water partition coefficient (Wildman–Crippen LogP) is 5.64. The Kier molecular flexibility index (Phi) is 6.45. The van der Waals surface area contributed by atoms with Gasteiger partial charge in [-0.3, -0.25) is 9.59 Å². The molecule has 0 unspecified atom stereocenters. The van der Waals surface area contributed by atoms with Crippen molar-refractivity contribution in [2.75, 3.05) is 12.4 Å². The largest absolute Gasteiger partial charge is 0.496 e. The van der Waals surface area contributed by atoms with E-state index in [9.17, 15) is 14.0 Å². The molecule has 1 amide bonds. The number of amides is 1. The molecule has 3 aromatic carbocycles. The highest BCUT2D eigenvalue weighted by Gasteiger charge is 2.17. The van der Waals surface area contributed by atoms with Gasteiger partial charge in [0.15, 0.2) is 6.29 Å². The molecule has 4 aromatic rings. The predicted molar refractivity (Wildman–Crippen MR) is 129 cm³/mol. The van der Waals surface area contributed by atoms with Gasteiger partial charge in [0.25, 0.3) is 5.91 Å². The molecule has 0 spiro atoms. The molecule has 0 radical (unpaired) electrons. The van der Waals surface area contributed by atoms with Gasteiger partial charge in [0.1, 0.15) is 23.6 Å². The standard InChI is InChI=1S/C27H22FN3O3/c1-16-19(18-12-23(28)22(14-32)26(13-18)34-3)6-4-7-20(16)21-8-5-9-24(17(21)2)31-27(33)25-10-11-29-15-30-25/h4-15H,1-3H3,(H,31,33).